The molecule has 0 spiro atoms. The fourth-order valence-corrected chi connectivity index (χ4v) is 6.10. The first kappa shape index (κ1) is 33.0. The highest BCUT2D eigenvalue weighted by molar-refractivity contribution is 8.00. The van der Waals surface area contributed by atoms with Crippen molar-refractivity contribution in [1.82, 2.24) is 10.3 Å². The van der Waals surface area contributed by atoms with Crippen molar-refractivity contribution in [3.8, 4) is 22.8 Å². The third-order valence-electron chi connectivity index (χ3n) is 6.82. The summed E-state index contributed by atoms with van der Waals surface area (Å²) in [6.07, 6.45) is 1.58. The first-order valence-electron chi connectivity index (χ1n) is 14.5. The number of rotatable bonds is 12. The zero-order chi connectivity index (χ0) is 33.2. The molecule has 47 heavy (non-hydrogen) atoms. The Labute approximate surface area is 281 Å². The largest absolute Gasteiger partial charge is 0.497 e. The number of aromatic nitrogens is 1. The van der Waals surface area contributed by atoms with Gasteiger partial charge in [-0.2, -0.15) is 0 Å². The highest BCUT2D eigenvalue weighted by Gasteiger charge is 2.19. The van der Waals surface area contributed by atoms with Gasteiger partial charge in [-0.1, -0.05) is 48.5 Å². The number of amides is 3. The fourth-order valence-electron chi connectivity index (χ4n) is 4.46. The van der Waals surface area contributed by atoms with Crippen LogP contribution in [0.4, 0.5) is 10.8 Å². The summed E-state index contributed by atoms with van der Waals surface area (Å²) in [6, 6.07) is 30.5. The molecule has 1 unspecified atom stereocenters. The number of hydrogen-bond acceptors (Lipinski definition) is 8. The lowest BCUT2D eigenvalue weighted by atomic mass is 10.1. The van der Waals surface area contributed by atoms with Gasteiger partial charge in [0.25, 0.3) is 11.8 Å². The van der Waals surface area contributed by atoms with Gasteiger partial charge in [0.15, 0.2) is 5.13 Å². The second kappa shape index (κ2) is 15.7. The van der Waals surface area contributed by atoms with Gasteiger partial charge in [-0.05, 0) is 73.2 Å². The molecule has 0 bridgehead atoms. The van der Waals surface area contributed by atoms with Crippen molar-refractivity contribution in [3.63, 3.8) is 0 Å². The third kappa shape index (κ3) is 8.87. The Morgan fingerprint density at radius 1 is 0.851 bits per heavy atom. The summed E-state index contributed by atoms with van der Waals surface area (Å²) in [7, 11) is 3.16. The van der Waals surface area contributed by atoms with Crippen molar-refractivity contribution in [2.24, 2.45) is 0 Å². The number of nitrogens with zero attached hydrogens (tertiary/aromatic N) is 1. The molecule has 1 heterocycles. The summed E-state index contributed by atoms with van der Waals surface area (Å²) in [4.78, 5) is 44.9. The van der Waals surface area contributed by atoms with Crippen molar-refractivity contribution < 1.29 is 23.9 Å². The van der Waals surface area contributed by atoms with E-state index in [4.69, 9.17) is 9.47 Å². The van der Waals surface area contributed by atoms with Crippen LogP contribution in [-0.4, -0.2) is 42.2 Å². The van der Waals surface area contributed by atoms with Gasteiger partial charge in [-0.3, -0.25) is 14.4 Å². The number of carbonyl (C=O) groups excluding carboxylic acids is 3. The molecule has 5 rings (SSSR count). The number of thiazole rings is 1. The molecule has 4 aromatic carbocycles. The molecule has 1 aromatic heterocycles. The minimum absolute atomic E-state index is 0.0499. The molecule has 0 fully saturated rings. The van der Waals surface area contributed by atoms with Gasteiger partial charge in [-0.25, -0.2) is 4.98 Å². The average molecular weight is 665 g/mol. The van der Waals surface area contributed by atoms with Crippen LogP contribution >= 0.6 is 23.1 Å². The lowest BCUT2D eigenvalue weighted by Gasteiger charge is -2.14. The van der Waals surface area contributed by atoms with E-state index in [1.807, 2.05) is 41.8 Å². The van der Waals surface area contributed by atoms with Crippen molar-refractivity contribution >= 4 is 57.7 Å². The number of para-hydroxylation sites is 1. The van der Waals surface area contributed by atoms with E-state index in [-0.39, 0.29) is 11.6 Å². The van der Waals surface area contributed by atoms with Crippen LogP contribution in [-0.2, 0) is 9.59 Å². The molecule has 0 saturated carbocycles. The quantitative estimate of drug-likeness (QED) is 0.0943. The Hall–Kier alpha value is -5.39. The second-order valence-electron chi connectivity index (χ2n) is 10.1. The molecule has 11 heteroatoms. The zero-order valence-electron chi connectivity index (χ0n) is 25.9. The molecular formula is C36H32N4O5S2. The van der Waals surface area contributed by atoms with E-state index in [1.54, 1.807) is 93.9 Å². The summed E-state index contributed by atoms with van der Waals surface area (Å²) in [5.74, 6) is 0.169. The maximum Gasteiger partial charge on any atom is 0.272 e. The van der Waals surface area contributed by atoms with Crippen LogP contribution in [0.3, 0.4) is 0 Å². The fraction of sp³-hybridized carbons (Fsp3) is 0.111. The number of carbonyl (C=O) groups is 3. The van der Waals surface area contributed by atoms with Crippen molar-refractivity contribution in [3.05, 3.63) is 125 Å². The smallest absolute Gasteiger partial charge is 0.272 e. The highest BCUT2D eigenvalue weighted by atomic mass is 32.2. The van der Waals surface area contributed by atoms with E-state index >= 15 is 0 Å². The summed E-state index contributed by atoms with van der Waals surface area (Å²) in [5.41, 5.74) is 3.19. The summed E-state index contributed by atoms with van der Waals surface area (Å²) in [6.45, 7) is 1.80. The Bertz CT molecular complexity index is 1910. The highest BCUT2D eigenvalue weighted by Crippen LogP contribution is 2.33. The van der Waals surface area contributed by atoms with Gasteiger partial charge in [0.1, 0.15) is 17.2 Å². The molecule has 238 valence electrons. The monoisotopic (exact) mass is 664 g/mol. The lowest BCUT2D eigenvalue weighted by molar-refractivity contribution is -0.115. The van der Waals surface area contributed by atoms with Crippen LogP contribution in [0.15, 0.2) is 119 Å². The Morgan fingerprint density at radius 2 is 1.62 bits per heavy atom. The van der Waals surface area contributed by atoms with Crippen LogP contribution in [0.25, 0.3) is 17.3 Å². The first-order valence-corrected chi connectivity index (χ1v) is 16.3. The van der Waals surface area contributed by atoms with Crippen molar-refractivity contribution in [2.45, 2.75) is 17.1 Å². The number of methoxy groups -OCH3 is 2. The Morgan fingerprint density at radius 3 is 2.40 bits per heavy atom. The van der Waals surface area contributed by atoms with Crippen LogP contribution < -0.4 is 25.4 Å². The number of ether oxygens (including phenoxy) is 2. The van der Waals surface area contributed by atoms with Gasteiger partial charge in [-0.15, -0.1) is 23.1 Å². The number of thioether (sulfide) groups is 1. The van der Waals surface area contributed by atoms with Crippen molar-refractivity contribution in [2.75, 3.05) is 24.9 Å². The molecule has 0 aliphatic carbocycles. The average Bonchev–Trinajstić information content (AvgIpc) is 3.56. The second-order valence-corrected chi connectivity index (χ2v) is 12.4. The molecule has 0 aliphatic heterocycles. The molecule has 3 N–H and O–H groups in total. The molecule has 9 nitrogen and oxygen atoms in total. The minimum Gasteiger partial charge on any atom is -0.497 e. The normalized spacial score (nSPS) is 11.7. The molecule has 0 saturated heterocycles. The predicted molar refractivity (Wildman–Crippen MR) is 188 cm³/mol. The van der Waals surface area contributed by atoms with E-state index in [1.165, 1.54) is 23.1 Å². The standard InChI is InChI=1S/C36H32N4O5S2/c1-23(33(41)40-36-39-31(22-46-36)29-17-7-8-18-32(29)45-3)47-28-16-10-14-26(21-28)37-35(43)30(20-24-11-9-15-27(19-24)44-2)38-34(42)25-12-5-4-6-13-25/h4-23H,1-3H3,(H,37,43)(H,38,42)(H,39,40,41)/b30-20-. The Kier molecular flexibility index (Phi) is 11.1. The molecule has 5 aromatic rings. The van der Waals surface area contributed by atoms with Gasteiger partial charge in [0.05, 0.1) is 25.2 Å². The zero-order valence-corrected chi connectivity index (χ0v) is 27.5. The summed E-state index contributed by atoms with van der Waals surface area (Å²) >= 11 is 2.67. The van der Waals surface area contributed by atoms with Crippen LogP contribution in [0, 0.1) is 0 Å². The molecule has 1 atom stereocenters. The number of nitrogens with one attached hydrogen (secondary N) is 3. The van der Waals surface area contributed by atoms with E-state index in [9.17, 15) is 14.4 Å². The van der Waals surface area contributed by atoms with Crippen LogP contribution in [0.2, 0.25) is 0 Å². The number of benzene rings is 4. The van der Waals surface area contributed by atoms with Crippen LogP contribution in [0.1, 0.15) is 22.8 Å². The topological polar surface area (TPSA) is 119 Å². The van der Waals surface area contributed by atoms with Crippen molar-refractivity contribution in [1.29, 1.82) is 0 Å². The summed E-state index contributed by atoms with van der Waals surface area (Å²) in [5, 5.41) is 10.4. The third-order valence-corrected chi connectivity index (χ3v) is 8.68. The first-order chi connectivity index (χ1) is 22.8. The van der Waals surface area contributed by atoms with Gasteiger partial charge in [0, 0.05) is 27.1 Å². The SMILES string of the molecule is COc1cccc(/C=C(\NC(=O)c2ccccc2)C(=O)Nc2cccc(SC(C)C(=O)Nc3nc(-c4ccccc4OC)cs3)c2)c1. The number of hydrogen-bond donors (Lipinski definition) is 3. The van der Waals surface area contributed by atoms with E-state index in [0.29, 0.717) is 39.1 Å². The van der Waals surface area contributed by atoms with Gasteiger partial charge < -0.3 is 25.4 Å². The molecule has 0 radical (unpaired) electrons. The minimum atomic E-state index is -0.514. The molecule has 0 aliphatic rings. The maximum absolute atomic E-state index is 13.5. The van der Waals surface area contributed by atoms with Crippen LogP contribution in [0.5, 0.6) is 11.5 Å². The summed E-state index contributed by atoms with van der Waals surface area (Å²) < 4.78 is 10.7. The molecule has 3 amide bonds. The number of anilines is 2. The van der Waals surface area contributed by atoms with E-state index in [0.717, 1.165) is 10.5 Å². The van der Waals surface area contributed by atoms with Gasteiger partial charge >= 0.3 is 0 Å². The lowest BCUT2D eigenvalue weighted by Crippen LogP contribution is -2.30. The van der Waals surface area contributed by atoms with E-state index < -0.39 is 17.1 Å². The Balaban J connectivity index is 1.26. The molecular weight excluding hydrogens is 633 g/mol. The predicted octanol–water partition coefficient (Wildman–Crippen LogP) is 7.36. The maximum atomic E-state index is 13.5. The van der Waals surface area contributed by atoms with E-state index in [2.05, 4.69) is 20.9 Å². The van der Waals surface area contributed by atoms with Gasteiger partial charge in [0.2, 0.25) is 5.91 Å².